The van der Waals surface area contributed by atoms with Crippen molar-refractivity contribution in [2.45, 2.75) is 13.5 Å². The van der Waals surface area contributed by atoms with Gasteiger partial charge in [0.15, 0.2) is 5.82 Å². The molecule has 8 heteroatoms. The van der Waals surface area contributed by atoms with Crippen LogP contribution in [0.3, 0.4) is 0 Å². The molecule has 0 unspecified atom stereocenters. The monoisotopic (exact) mass is 366 g/mol. The number of aromatic nitrogens is 1. The molecule has 1 fully saturated rings. The van der Waals surface area contributed by atoms with Crippen molar-refractivity contribution in [3.05, 3.63) is 46.4 Å². The molecule has 2 heterocycles. The van der Waals surface area contributed by atoms with Gasteiger partial charge in [0, 0.05) is 43.8 Å². The first-order chi connectivity index (χ1) is 12.0. The van der Waals surface area contributed by atoms with Gasteiger partial charge < -0.3 is 9.84 Å². The maximum Gasteiger partial charge on any atom is 0.239 e. The fraction of sp³-hybridized carbons (Fsp3) is 0.412. The third kappa shape index (κ3) is 5.01. The summed E-state index contributed by atoms with van der Waals surface area (Å²) in [6.45, 7) is 5.98. The number of nitrogens with one attached hydrogen (secondary N) is 1. The summed E-state index contributed by atoms with van der Waals surface area (Å²) in [5, 5.41) is 6.92. The van der Waals surface area contributed by atoms with E-state index in [0.29, 0.717) is 29.7 Å². The number of nitrogens with zero attached hydrogens (tertiary/aromatic N) is 3. The maximum absolute atomic E-state index is 13.1. The zero-order valence-electron chi connectivity index (χ0n) is 14.0. The van der Waals surface area contributed by atoms with Crippen LogP contribution in [0.1, 0.15) is 11.3 Å². The first-order valence-corrected chi connectivity index (χ1v) is 8.49. The first kappa shape index (κ1) is 17.8. The number of hydrogen-bond donors (Lipinski definition) is 1. The van der Waals surface area contributed by atoms with Crippen LogP contribution in [0.15, 0.2) is 28.8 Å². The van der Waals surface area contributed by atoms with Crippen molar-refractivity contribution in [1.82, 2.24) is 15.0 Å². The lowest BCUT2D eigenvalue weighted by molar-refractivity contribution is -0.117. The third-order valence-corrected chi connectivity index (χ3v) is 4.49. The van der Waals surface area contributed by atoms with Gasteiger partial charge in [-0.3, -0.25) is 14.6 Å². The smallest absolute Gasteiger partial charge is 0.239 e. The quantitative estimate of drug-likeness (QED) is 0.881. The van der Waals surface area contributed by atoms with Crippen molar-refractivity contribution in [3.8, 4) is 0 Å². The molecule has 1 saturated heterocycles. The Bertz CT molecular complexity index is 744. The SMILES string of the molecule is Cc1cc(NC(=O)CN2CCN(Cc3ccc(F)cc3Cl)CC2)no1. The van der Waals surface area contributed by atoms with E-state index in [2.05, 4.69) is 20.3 Å². The summed E-state index contributed by atoms with van der Waals surface area (Å²) in [5.74, 6) is 0.658. The summed E-state index contributed by atoms with van der Waals surface area (Å²) in [5.41, 5.74) is 0.913. The lowest BCUT2D eigenvalue weighted by atomic mass is 10.2. The van der Waals surface area contributed by atoms with E-state index in [1.54, 1.807) is 19.1 Å². The molecule has 0 saturated carbocycles. The van der Waals surface area contributed by atoms with Crippen molar-refractivity contribution < 1.29 is 13.7 Å². The Kier molecular flexibility index (Phi) is 5.67. The van der Waals surface area contributed by atoms with Crippen LogP contribution in [0.4, 0.5) is 10.2 Å². The van der Waals surface area contributed by atoms with Gasteiger partial charge in [0.05, 0.1) is 6.54 Å². The first-order valence-electron chi connectivity index (χ1n) is 8.11. The number of rotatable bonds is 5. The van der Waals surface area contributed by atoms with Gasteiger partial charge in [0.2, 0.25) is 5.91 Å². The minimum absolute atomic E-state index is 0.108. The van der Waals surface area contributed by atoms with Crippen LogP contribution in [0, 0.1) is 12.7 Å². The van der Waals surface area contributed by atoms with Gasteiger partial charge >= 0.3 is 0 Å². The third-order valence-electron chi connectivity index (χ3n) is 4.14. The molecule has 0 aliphatic carbocycles. The van der Waals surface area contributed by atoms with Crippen LogP contribution in [0.25, 0.3) is 0 Å². The number of benzene rings is 1. The molecular weight excluding hydrogens is 347 g/mol. The van der Waals surface area contributed by atoms with Gasteiger partial charge in [0.25, 0.3) is 0 Å². The van der Waals surface area contributed by atoms with Gasteiger partial charge in [-0.05, 0) is 24.6 Å². The zero-order valence-corrected chi connectivity index (χ0v) is 14.7. The minimum Gasteiger partial charge on any atom is -0.360 e. The molecule has 1 N–H and O–H groups in total. The summed E-state index contributed by atoms with van der Waals surface area (Å²) in [4.78, 5) is 16.4. The van der Waals surface area contributed by atoms with E-state index in [1.807, 2.05) is 0 Å². The minimum atomic E-state index is -0.327. The standard InChI is InChI=1S/C17H20ClFN4O2/c1-12-8-16(21-25-12)20-17(24)11-23-6-4-22(5-7-23)10-13-2-3-14(19)9-15(13)18/h2-3,8-9H,4-7,10-11H2,1H3,(H,20,21,24). The van der Waals surface area contributed by atoms with E-state index < -0.39 is 0 Å². The molecule has 2 aromatic rings. The zero-order chi connectivity index (χ0) is 17.8. The number of aryl methyl sites for hydroxylation is 1. The van der Waals surface area contributed by atoms with Crippen LogP contribution in [-0.2, 0) is 11.3 Å². The van der Waals surface area contributed by atoms with E-state index in [-0.39, 0.29) is 11.7 Å². The highest BCUT2D eigenvalue weighted by Crippen LogP contribution is 2.19. The van der Waals surface area contributed by atoms with Crippen LogP contribution < -0.4 is 5.32 Å². The number of halogens is 2. The van der Waals surface area contributed by atoms with Crippen molar-refractivity contribution in [2.75, 3.05) is 38.0 Å². The molecule has 0 spiro atoms. The van der Waals surface area contributed by atoms with Crippen LogP contribution in [0.2, 0.25) is 5.02 Å². The second kappa shape index (κ2) is 7.95. The molecule has 3 rings (SSSR count). The lowest BCUT2D eigenvalue weighted by Crippen LogP contribution is -2.48. The van der Waals surface area contributed by atoms with Crippen molar-refractivity contribution in [1.29, 1.82) is 0 Å². The Balaban J connectivity index is 1.44. The molecule has 1 aromatic heterocycles. The Labute approximate surface area is 150 Å². The number of hydrogen-bond acceptors (Lipinski definition) is 5. The summed E-state index contributed by atoms with van der Waals surface area (Å²) in [6, 6.07) is 6.16. The predicted molar refractivity (Wildman–Crippen MR) is 93.0 cm³/mol. The largest absolute Gasteiger partial charge is 0.360 e. The van der Waals surface area contributed by atoms with Gasteiger partial charge in [0.1, 0.15) is 11.6 Å². The lowest BCUT2D eigenvalue weighted by Gasteiger charge is -2.34. The molecule has 1 aromatic carbocycles. The van der Waals surface area contributed by atoms with Crippen LogP contribution in [-0.4, -0.2) is 53.6 Å². The fourth-order valence-corrected chi connectivity index (χ4v) is 3.03. The molecular formula is C17H20ClFN4O2. The van der Waals surface area contributed by atoms with Crippen LogP contribution in [0.5, 0.6) is 0 Å². The molecule has 1 aliphatic rings. The summed E-state index contributed by atoms with van der Waals surface area (Å²) >= 11 is 6.08. The van der Waals surface area contributed by atoms with E-state index in [9.17, 15) is 9.18 Å². The van der Waals surface area contributed by atoms with E-state index in [1.165, 1.54) is 12.1 Å². The van der Waals surface area contributed by atoms with Gasteiger partial charge in [-0.25, -0.2) is 4.39 Å². The molecule has 6 nitrogen and oxygen atoms in total. The molecule has 25 heavy (non-hydrogen) atoms. The molecule has 134 valence electrons. The Hall–Kier alpha value is -1.96. The van der Waals surface area contributed by atoms with E-state index in [0.717, 1.165) is 31.7 Å². The van der Waals surface area contributed by atoms with Crippen molar-refractivity contribution in [2.24, 2.45) is 0 Å². The molecule has 0 radical (unpaired) electrons. The maximum atomic E-state index is 13.1. The summed E-state index contributed by atoms with van der Waals surface area (Å²) < 4.78 is 18.0. The summed E-state index contributed by atoms with van der Waals surface area (Å²) in [7, 11) is 0. The summed E-state index contributed by atoms with van der Waals surface area (Å²) in [6.07, 6.45) is 0. The fourth-order valence-electron chi connectivity index (χ4n) is 2.81. The van der Waals surface area contributed by atoms with Crippen molar-refractivity contribution in [3.63, 3.8) is 0 Å². The average molecular weight is 367 g/mol. The highest BCUT2D eigenvalue weighted by molar-refractivity contribution is 6.31. The van der Waals surface area contributed by atoms with Gasteiger partial charge in [-0.2, -0.15) is 0 Å². The number of carbonyl (C=O) groups excluding carboxylic acids is 1. The Morgan fingerprint density at radius 2 is 2.00 bits per heavy atom. The topological polar surface area (TPSA) is 61.6 Å². The molecule has 0 bridgehead atoms. The predicted octanol–water partition coefficient (Wildman–Crippen LogP) is 2.53. The Morgan fingerprint density at radius 1 is 1.28 bits per heavy atom. The second-order valence-electron chi connectivity index (χ2n) is 6.16. The number of carbonyl (C=O) groups is 1. The highest BCUT2D eigenvalue weighted by Gasteiger charge is 2.20. The van der Waals surface area contributed by atoms with Gasteiger partial charge in [-0.1, -0.05) is 22.8 Å². The number of anilines is 1. The second-order valence-corrected chi connectivity index (χ2v) is 6.57. The average Bonchev–Trinajstić information content (AvgIpc) is 2.96. The number of piperazine rings is 1. The van der Waals surface area contributed by atoms with E-state index in [4.69, 9.17) is 16.1 Å². The molecule has 1 aliphatic heterocycles. The normalized spacial score (nSPS) is 16.1. The number of amides is 1. The highest BCUT2D eigenvalue weighted by atomic mass is 35.5. The van der Waals surface area contributed by atoms with Gasteiger partial charge in [-0.15, -0.1) is 0 Å². The molecule has 1 amide bonds. The van der Waals surface area contributed by atoms with Crippen LogP contribution >= 0.6 is 11.6 Å². The van der Waals surface area contributed by atoms with E-state index >= 15 is 0 Å². The Morgan fingerprint density at radius 3 is 2.64 bits per heavy atom. The molecule has 0 atom stereocenters. The van der Waals surface area contributed by atoms with Crippen molar-refractivity contribution >= 4 is 23.3 Å².